The molecular formula is C8H7F2N3. The Kier molecular flexibility index (Phi) is 2.42. The second kappa shape index (κ2) is 3.35. The SMILES string of the molecule is Cc1c(N)cnc(C#N)c1C(F)F. The van der Waals surface area contributed by atoms with Crippen molar-refractivity contribution in [3.05, 3.63) is 23.0 Å². The Hall–Kier alpha value is -1.70. The molecule has 1 aromatic rings. The summed E-state index contributed by atoms with van der Waals surface area (Å²) in [6, 6.07) is 1.60. The highest BCUT2D eigenvalue weighted by Crippen LogP contribution is 2.27. The second-order valence-electron chi connectivity index (χ2n) is 2.51. The van der Waals surface area contributed by atoms with E-state index in [0.29, 0.717) is 0 Å². The summed E-state index contributed by atoms with van der Waals surface area (Å²) in [7, 11) is 0. The number of nitrogens with zero attached hydrogens (tertiary/aromatic N) is 2. The number of nitrogens with two attached hydrogens (primary N) is 1. The molecule has 5 heteroatoms. The van der Waals surface area contributed by atoms with Gasteiger partial charge >= 0.3 is 0 Å². The van der Waals surface area contributed by atoms with Gasteiger partial charge < -0.3 is 5.73 Å². The maximum atomic E-state index is 12.4. The highest BCUT2D eigenvalue weighted by atomic mass is 19.3. The molecule has 1 heterocycles. The number of alkyl halides is 2. The van der Waals surface area contributed by atoms with Crippen molar-refractivity contribution >= 4 is 5.69 Å². The van der Waals surface area contributed by atoms with Gasteiger partial charge in [-0.3, -0.25) is 0 Å². The summed E-state index contributed by atoms with van der Waals surface area (Å²) in [4.78, 5) is 3.51. The van der Waals surface area contributed by atoms with Gasteiger partial charge in [0.2, 0.25) is 0 Å². The minimum Gasteiger partial charge on any atom is -0.397 e. The molecule has 0 aliphatic carbocycles. The van der Waals surface area contributed by atoms with Crippen molar-refractivity contribution in [1.29, 1.82) is 5.26 Å². The van der Waals surface area contributed by atoms with E-state index in [1.165, 1.54) is 13.1 Å². The zero-order valence-electron chi connectivity index (χ0n) is 6.88. The van der Waals surface area contributed by atoms with Crippen LogP contribution in [0.1, 0.15) is 23.2 Å². The maximum Gasteiger partial charge on any atom is 0.266 e. The zero-order valence-corrected chi connectivity index (χ0v) is 6.88. The van der Waals surface area contributed by atoms with Gasteiger partial charge in [-0.05, 0) is 12.5 Å². The number of anilines is 1. The molecule has 0 saturated carbocycles. The third kappa shape index (κ3) is 1.56. The number of nitrogen functional groups attached to an aromatic ring is 1. The van der Waals surface area contributed by atoms with E-state index in [2.05, 4.69) is 4.98 Å². The van der Waals surface area contributed by atoms with E-state index in [1.807, 2.05) is 0 Å². The van der Waals surface area contributed by atoms with E-state index < -0.39 is 6.43 Å². The Morgan fingerprint density at radius 1 is 1.62 bits per heavy atom. The molecule has 0 aliphatic heterocycles. The van der Waals surface area contributed by atoms with Crippen LogP contribution in [0.5, 0.6) is 0 Å². The lowest BCUT2D eigenvalue weighted by Crippen LogP contribution is -2.02. The first kappa shape index (κ1) is 9.39. The fourth-order valence-electron chi connectivity index (χ4n) is 0.990. The van der Waals surface area contributed by atoms with E-state index in [9.17, 15) is 8.78 Å². The molecule has 0 aliphatic rings. The molecule has 1 rings (SSSR count). The van der Waals surface area contributed by atoms with Crippen LogP contribution in [-0.4, -0.2) is 4.98 Å². The Bertz CT molecular complexity index is 368. The summed E-state index contributed by atoms with van der Waals surface area (Å²) in [5.74, 6) is 0. The second-order valence-corrected chi connectivity index (χ2v) is 2.51. The van der Waals surface area contributed by atoms with Gasteiger partial charge in [-0.2, -0.15) is 5.26 Å². The Labute approximate surface area is 73.8 Å². The quantitative estimate of drug-likeness (QED) is 0.721. The van der Waals surface area contributed by atoms with Crippen LogP contribution in [0.15, 0.2) is 6.20 Å². The molecule has 0 aromatic carbocycles. The Balaban J connectivity index is 3.43. The number of nitriles is 1. The van der Waals surface area contributed by atoms with E-state index in [1.54, 1.807) is 6.07 Å². The standard InChI is InChI=1S/C8H7F2N3/c1-4-5(12)3-13-6(2-11)7(4)8(9)10/h3,8H,12H2,1H3. The van der Waals surface area contributed by atoms with Crippen LogP contribution in [0.3, 0.4) is 0 Å². The molecule has 3 nitrogen and oxygen atoms in total. The molecule has 0 fully saturated rings. The predicted molar refractivity (Wildman–Crippen MR) is 43.1 cm³/mol. The van der Waals surface area contributed by atoms with Crippen LogP contribution in [0.2, 0.25) is 0 Å². The lowest BCUT2D eigenvalue weighted by molar-refractivity contribution is 0.150. The molecule has 0 spiro atoms. The average Bonchev–Trinajstić information content (AvgIpc) is 2.08. The Morgan fingerprint density at radius 2 is 2.23 bits per heavy atom. The van der Waals surface area contributed by atoms with Gasteiger partial charge in [-0.15, -0.1) is 0 Å². The lowest BCUT2D eigenvalue weighted by Gasteiger charge is -2.07. The molecule has 2 N–H and O–H groups in total. The van der Waals surface area contributed by atoms with Crippen molar-refractivity contribution < 1.29 is 8.78 Å². The predicted octanol–water partition coefficient (Wildman–Crippen LogP) is 1.78. The zero-order chi connectivity index (χ0) is 10.0. The van der Waals surface area contributed by atoms with Gasteiger partial charge in [0.1, 0.15) is 11.8 Å². The van der Waals surface area contributed by atoms with Crippen LogP contribution in [0.25, 0.3) is 0 Å². The smallest absolute Gasteiger partial charge is 0.266 e. The fourth-order valence-corrected chi connectivity index (χ4v) is 0.990. The van der Waals surface area contributed by atoms with Crippen molar-refractivity contribution in [2.24, 2.45) is 0 Å². The van der Waals surface area contributed by atoms with E-state index in [0.717, 1.165) is 0 Å². The molecule has 0 bridgehead atoms. The van der Waals surface area contributed by atoms with Crippen LogP contribution in [0.4, 0.5) is 14.5 Å². The maximum absolute atomic E-state index is 12.4. The first-order valence-electron chi connectivity index (χ1n) is 3.51. The topological polar surface area (TPSA) is 62.7 Å². The van der Waals surface area contributed by atoms with Crippen molar-refractivity contribution in [2.75, 3.05) is 5.73 Å². The monoisotopic (exact) mass is 183 g/mol. The highest BCUT2D eigenvalue weighted by Gasteiger charge is 2.18. The molecule has 0 unspecified atom stereocenters. The van der Waals surface area contributed by atoms with E-state index >= 15 is 0 Å². The van der Waals surface area contributed by atoms with Crippen molar-refractivity contribution in [1.82, 2.24) is 4.98 Å². The lowest BCUT2D eigenvalue weighted by atomic mass is 10.1. The number of rotatable bonds is 1. The Morgan fingerprint density at radius 3 is 2.69 bits per heavy atom. The highest BCUT2D eigenvalue weighted by molar-refractivity contribution is 5.52. The van der Waals surface area contributed by atoms with Gasteiger partial charge in [0.05, 0.1) is 17.4 Å². The number of halogens is 2. The van der Waals surface area contributed by atoms with Gasteiger partial charge in [-0.25, -0.2) is 13.8 Å². The number of hydrogen-bond donors (Lipinski definition) is 1. The number of pyridine rings is 1. The van der Waals surface area contributed by atoms with Crippen LogP contribution in [0, 0.1) is 18.3 Å². The molecule has 0 saturated heterocycles. The third-order valence-corrected chi connectivity index (χ3v) is 1.75. The van der Waals surface area contributed by atoms with Crippen molar-refractivity contribution in [3.8, 4) is 6.07 Å². The van der Waals surface area contributed by atoms with Crippen LogP contribution in [-0.2, 0) is 0 Å². The summed E-state index contributed by atoms with van der Waals surface area (Å²) in [6.45, 7) is 1.44. The first-order valence-corrected chi connectivity index (χ1v) is 3.51. The molecule has 0 amide bonds. The molecule has 1 aromatic heterocycles. The molecule has 68 valence electrons. The molecular weight excluding hydrogens is 176 g/mol. The molecule has 13 heavy (non-hydrogen) atoms. The minimum atomic E-state index is -2.72. The summed E-state index contributed by atoms with van der Waals surface area (Å²) in [5.41, 5.74) is 5.14. The summed E-state index contributed by atoms with van der Waals surface area (Å²) < 4.78 is 24.8. The van der Waals surface area contributed by atoms with Crippen LogP contribution < -0.4 is 5.73 Å². The van der Waals surface area contributed by atoms with Gasteiger partial charge in [0.25, 0.3) is 6.43 Å². The average molecular weight is 183 g/mol. The molecule has 0 radical (unpaired) electrons. The van der Waals surface area contributed by atoms with Crippen molar-refractivity contribution in [3.63, 3.8) is 0 Å². The fraction of sp³-hybridized carbons (Fsp3) is 0.250. The number of hydrogen-bond acceptors (Lipinski definition) is 3. The van der Waals surface area contributed by atoms with Gasteiger partial charge in [-0.1, -0.05) is 0 Å². The van der Waals surface area contributed by atoms with E-state index in [4.69, 9.17) is 11.0 Å². The normalized spacial score (nSPS) is 10.1. The number of aromatic nitrogens is 1. The summed E-state index contributed by atoms with van der Waals surface area (Å²) >= 11 is 0. The van der Waals surface area contributed by atoms with Crippen LogP contribution >= 0.6 is 0 Å². The van der Waals surface area contributed by atoms with Gasteiger partial charge in [0.15, 0.2) is 0 Å². The van der Waals surface area contributed by atoms with Crippen molar-refractivity contribution in [2.45, 2.75) is 13.3 Å². The van der Waals surface area contributed by atoms with E-state index in [-0.39, 0.29) is 22.5 Å². The van der Waals surface area contributed by atoms with Gasteiger partial charge in [0, 0.05) is 0 Å². The summed E-state index contributed by atoms with van der Waals surface area (Å²) in [5, 5.41) is 8.50. The summed E-state index contributed by atoms with van der Waals surface area (Å²) in [6.07, 6.45) is -1.51. The minimum absolute atomic E-state index is 0.175. The molecule has 0 atom stereocenters. The first-order chi connectivity index (χ1) is 6.07. The largest absolute Gasteiger partial charge is 0.397 e. The third-order valence-electron chi connectivity index (χ3n) is 1.75.